The summed E-state index contributed by atoms with van der Waals surface area (Å²) in [6.07, 6.45) is 1.24. The highest BCUT2D eigenvalue weighted by Crippen LogP contribution is 2.40. The largest absolute Gasteiger partial charge is 0.381 e. The number of aryl methyl sites for hydroxylation is 1. The van der Waals surface area contributed by atoms with Crippen LogP contribution in [0, 0.1) is 6.92 Å². The van der Waals surface area contributed by atoms with Crippen LogP contribution in [0.2, 0.25) is 0 Å². The van der Waals surface area contributed by atoms with Crippen LogP contribution >= 0.6 is 0 Å². The average Bonchev–Trinajstić information content (AvgIpc) is 2.86. The maximum Gasteiger partial charge on any atom is 0.0379 e. The fourth-order valence-corrected chi connectivity index (χ4v) is 3.81. The molecule has 21 heavy (non-hydrogen) atoms. The highest BCUT2D eigenvalue weighted by atomic mass is 15.2. The number of anilines is 1. The van der Waals surface area contributed by atoms with Crippen molar-refractivity contribution < 1.29 is 0 Å². The van der Waals surface area contributed by atoms with Crippen LogP contribution in [0.5, 0.6) is 0 Å². The molecule has 2 heteroatoms. The molecule has 2 heterocycles. The number of hydrogen-bond donors (Lipinski definition) is 1. The fourth-order valence-electron chi connectivity index (χ4n) is 3.81. The molecule has 0 unspecified atom stereocenters. The molecule has 0 aromatic heterocycles. The van der Waals surface area contributed by atoms with Crippen LogP contribution in [-0.4, -0.2) is 24.0 Å². The van der Waals surface area contributed by atoms with Gasteiger partial charge in [0.2, 0.25) is 0 Å². The summed E-state index contributed by atoms with van der Waals surface area (Å²) in [5.41, 5.74) is 5.68. The number of rotatable bonds is 2. The van der Waals surface area contributed by atoms with Gasteiger partial charge in [0.25, 0.3) is 0 Å². The Bertz CT molecular complexity index is 635. The van der Waals surface area contributed by atoms with Crippen molar-refractivity contribution in [3.05, 3.63) is 65.2 Å². The molecule has 0 bridgehead atoms. The molecule has 0 saturated carbocycles. The summed E-state index contributed by atoms with van der Waals surface area (Å²) in [6, 6.07) is 18.3. The van der Waals surface area contributed by atoms with E-state index in [2.05, 4.69) is 65.7 Å². The van der Waals surface area contributed by atoms with Gasteiger partial charge in [0.1, 0.15) is 0 Å². The minimum atomic E-state index is 0.633. The van der Waals surface area contributed by atoms with Gasteiger partial charge < -0.3 is 5.32 Å². The lowest BCUT2D eigenvalue weighted by Gasteiger charge is -2.35. The van der Waals surface area contributed by atoms with Crippen molar-refractivity contribution in [2.24, 2.45) is 0 Å². The second-order valence-electron chi connectivity index (χ2n) is 6.46. The van der Waals surface area contributed by atoms with Crippen molar-refractivity contribution in [3.8, 4) is 0 Å². The first kappa shape index (κ1) is 12.9. The Hall–Kier alpha value is -1.80. The molecule has 2 atom stereocenters. The van der Waals surface area contributed by atoms with E-state index in [0.717, 1.165) is 6.54 Å². The minimum absolute atomic E-state index is 0.633. The average molecular weight is 278 g/mol. The maximum absolute atomic E-state index is 3.72. The first-order valence-electron chi connectivity index (χ1n) is 7.93. The topological polar surface area (TPSA) is 15.3 Å². The van der Waals surface area contributed by atoms with Crippen LogP contribution in [0.4, 0.5) is 5.69 Å². The summed E-state index contributed by atoms with van der Waals surface area (Å²) in [5.74, 6) is 0.650. The number of likely N-dealkylation sites (tertiary alicyclic amines) is 1. The summed E-state index contributed by atoms with van der Waals surface area (Å²) in [4.78, 5) is 2.61. The SMILES string of the molecule is Cc1ccc2c(c1)[C@H]1CN(Cc3ccccc3)CC[C@@H]1N2. The van der Waals surface area contributed by atoms with Crippen LogP contribution < -0.4 is 5.32 Å². The highest BCUT2D eigenvalue weighted by molar-refractivity contribution is 5.60. The lowest BCUT2D eigenvalue weighted by molar-refractivity contribution is 0.194. The highest BCUT2D eigenvalue weighted by Gasteiger charge is 2.36. The van der Waals surface area contributed by atoms with Crippen molar-refractivity contribution in [1.82, 2.24) is 4.90 Å². The van der Waals surface area contributed by atoms with Gasteiger partial charge in [0.15, 0.2) is 0 Å². The third-order valence-electron chi connectivity index (χ3n) is 4.89. The zero-order chi connectivity index (χ0) is 14.2. The predicted octanol–water partition coefficient (Wildman–Crippen LogP) is 3.78. The van der Waals surface area contributed by atoms with Gasteiger partial charge in [-0.25, -0.2) is 0 Å². The molecule has 2 aromatic carbocycles. The predicted molar refractivity (Wildman–Crippen MR) is 87.7 cm³/mol. The van der Waals surface area contributed by atoms with E-state index in [1.165, 1.54) is 41.9 Å². The molecule has 0 spiro atoms. The molecule has 2 aromatic rings. The van der Waals surface area contributed by atoms with Crippen molar-refractivity contribution in [2.45, 2.75) is 31.8 Å². The molecule has 4 rings (SSSR count). The molecule has 0 radical (unpaired) electrons. The summed E-state index contributed by atoms with van der Waals surface area (Å²) >= 11 is 0. The standard InChI is InChI=1S/C19H22N2/c1-14-7-8-18-16(11-14)17-13-21(10-9-19(17)20-18)12-15-5-3-2-4-6-15/h2-8,11,17,19-20H,9-10,12-13H2,1H3/t17-,19+/m1/s1. The summed E-state index contributed by atoms with van der Waals surface area (Å²) < 4.78 is 0. The van der Waals surface area contributed by atoms with Crippen molar-refractivity contribution in [2.75, 3.05) is 18.4 Å². The lowest BCUT2D eigenvalue weighted by atomic mass is 9.88. The molecule has 2 nitrogen and oxygen atoms in total. The van der Waals surface area contributed by atoms with Gasteiger partial charge in [-0.1, -0.05) is 48.0 Å². The van der Waals surface area contributed by atoms with Gasteiger partial charge in [0, 0.05) is 37.3 Å². The monoisotopic (exact) mass is 278 g/mol. The third-order valence-corrected chi connectivity index (χ3v) is 4.89. The Morgan fingerprint density at radius 2 is 2.00 bits per heavy atom. The second-order valence-corrected chi connectivity index (χ2v) is 6.46. The van der Waals surface area contributed by atoms with E-state index in [0.29, 0.717) is 12.0 Å². The number of piperidine rings is 1. The van der Waals surface area contributed by atoms with Crippen LogP contribution in [0.3, 0.4) is 0 Å². The first-order chi connectivity index (χ1) is 10.3. The molecule has 0 aliphatic carbocycles. The molecular formula is C19H22N2. The lowest BCUT2D eigenvalue weighted by Crippen LogP contribution is -2.41. The van der Waals surface area contributed by atoms with E-state index < -0.39 is 0 Å². The zero-order valence-electron chi connectivity index (χ0n) is 12.5. The van der Waals surface area contributed by atoms with Gasteiger partial charge in [-0.05, 0) is 30.5 Å². The molecule has 1 saturated heterocycles. The molecule has 108 valence electrons. The summed E-state index contributed by atoms with van der Waals surface area (Å²) in [5, 5.41) is 3.72. The van der Waals surface area contributed by atoms with Gasteiger partial charge >= 0.3 is 0 Å². The Morgan fingerprint density at radius 3 is 2.86 bits per heavy atom. The number of nitrogens with one attached hydrogen (secondary N) is 1. The minimum Gasteiger partial charge on any atom is -0.381 e. The van der Waals surface area contributed by atoms with Crippen molar-refractivity contribution in [1.29, 1.82) is 0 Å². The van der Waals surface area contributed by atoms with Crippen LogP contribution in [0.1, 0.15) is 29.0 Å². The molecular weight excluding hydrogens is 256 g/mol. The number of benzene rings is 2. The van der Waals surface area contributed by atoms with E-state index in [1.807, 2.05) is 0 Å². The van der Waals surface area contributed by atoms with Crippen molar-refractivity contribution in [3.63, 3.8) is 0 Å². The Kier molecular flexibility index (Phi) is 3.19. The Morgan fingerprint density at radius 1 is 1.14 bits per heavy atom. The molecule has 0 amide bonds. The van der Waals surface area contributed by atoms with E-state index in [1.54, 1.807) is 0 Å². The van der Waals surface area contributed by atoms with Gasteiger partial charge in [0.05, 0.1) is 0 Å². The smallest absolute Gasteiger partial charge is 0.0379 e. The molecule has 1 fully saturated rings. The van der Waals surface area contributed by atoms with Crippen molar-refractivity contribution >= 4 is 5.69 Å². The number of hydrogen-bond acceptors (Lipinski definition) is 2. The fraction of sp³-hybridized carbons (Fsp3) is 0.368. The maximum atomic E-state index is 3.72. The van der Waals surface area contributed by atoms with Gasteiger partial charge in [-0.3, -0.25) is 4.90 Å². The van der Waals surface area contributed by atoms with Crippen LogP contribution in [0.25, 0.3) is 0 Å². The zero-order valence-corrected chi connectivity index (χ0v) is 12.5. The molecule has 2 aliphatic heterocycles. The van der Waals surface area contributed by atoms with E-state index in [9.17, 15) is 0 Å². The molecule has 1 N–H and O–H groups in total. The summed E-state index contributed by atoms with van der Waals surface area (Å²) in [7, 11) is 0. The molecule has 2 aliphatic rings. The van der Waals surface area contributed by atoms with Crippen LogP contribution in [-0.2, 0) is 6.54 Å². The van der Waals surface area contributed by atoms with E-state index in [-0.39, 0.29) is 0 Å². The first-order valence-corrected chi connectivity index (χ1v) is 7.93. The number of nitrogens with zero attached hydrogens (tertiary/aromatic N) is 1. The third kappa shape index (κ3) is 2.44. The van der Waals surface area contributed by atoms with E-state index >= 15 is 0 Å². The normalized spacial score (nSPS) is 24.2. The Balaban J connectivity index is 1.53. The van der Waals surface area contributed by atoms with Gasteiger partial charge in [-0.2, -0.15) is 0 Å². The van der Waals surface area contributed by atoms with E-state index in [4.69, 9.17) is 0 Å². The Labute approximate surface area is 126 Å². The second kappa shape index (κ2) is 5.19. The summed E-state index contributed by atoms with van der Waals surface area (Å²) in [6.45, 7) is 5.63. The number of fused-ring (bicyclic) bond motifs is 3. The van der Waals surface area contributed by atoms with Crippen LogP contribution in [0.15, 0.2) is 48.5 Å². The quantitative estimate of drug-likeness (QED) is 0.899. The van der Waals surface area contributed by atoms with Gasteiger partial charge in [-0.15, -0.1) is 0 Å².